The van der Waals surface area contributed by atoms with Crippen molar-refractivity contribution < 1.29 is 13.3 Å². The van der Waals surface area contributed by atoms with E-state index in [9.17, 15) is 0 Å². The Labute approximate surface area is 96.6 Å². The number of nitrogens with one attached hydrogen (secondary N) is 1. The molecule has 0 aliphatic rings. The summed E-state index contributed by atoms with van der Waals surface area (Å²) in [4.78, 5) is 0. The zero-order chi connectivity index (χ0) is 10.9. The van der Waals surface area contributed by atoms with Gasteiger partial charge >= 0.3 is 96.3 Å². The van der Waals surface area contributed by atoms with E-state index in [2.05, 4.69) is 5.32 Å². The second-order valence-corrected chi connectivity index (χ2v) is 7.24. The molecule has 0 spiro atoms. The van der Waals surface area contributed by atoms with Crippen LogP contribution in [0.2, 0.25) is 11.3 Å². The van der Waals surface area contributed by atoms with E-state index in [4.69, 9.17) is 13.3 Å². The molecule has 14 heavy (non-hydrogen) atoms. The topological polar surface area (TPSA) is 39.7 Å². The van der Waals surface area contributed by atoms with E-state index < -0.39 is 8.80 Å². The van der Waals surface area contributed by atoms with Gasteiger partial charge in [-0.3, -0.25) is 0 Å². The molecule has 0 saturated heterocycles. The van der Waals surface area contributed by atoms with E-state index in [1.54, 1.807) is 38.2 Å². The van der Waals surface area contributed by atoms with Crippen LogP contribution in [0.5, 0.6) is 0 Å². The van der Waals surface area contributed by atoms with Crippen LogP contribution in [0.15, 0.2) is 0 Å². The van der Waals surface area contributed by atoms with Crippen molar-refractivity contribution in [2.45, 2.75) is 17.7 Å². The summed E-state index contributed by atoms with van der Waals surface area (Å²) in [6.45, 7) is 2.11. The Kier molecular flexibility index (Phi) is 9.28. The van der Waals surface area contributed by atoms with Gasteiger partial charge in [0.2, 0.25) is 0 Å². The Morgan fingerprint density at radius 2 is 1.64 bits per heavy atom. The Balaban J connectivity index is 3.61. The molecule has 1 unspecified atom stereocenters. The monoisotopic (exact) mass is 283 g/mol. The van der Waals surface area contributed by atoms with E-state index in [0.29, 0.717) is 0 Å². The van der Waals surface area contributed by atoms with Gasteiger partial charge in [-0.15, -0.1) is 0 Å². The van der Waals surface area contributed by atoms with E-state index >= 15 is 0 Å². The van der Waals surface area contributed by atoms with Crippen molar-refractivity contribution in [3.63, 3.8) is 0 Å². The van der Waals surface area contributed by atoms with Gasteiger partial charge in [-0.25, -0.2) is 0 Å². The third kappa shape index (κ3) is 5.49. The molecular formula is C8H22AsNO3Si. The number of hydrogen-bond acceptors (Lipinski definition) is 4. The molecule has 0 heterocycles. The molecule has 0 aliphatic heterocycles. The van der Waals surface area contributed by atoms with Gasteiger partial charge in [-0.05, 0) is 0 Å². The third-order valence-corrected chi connectivity index (χ3v) is 5.53. The first-order valence-electron chi connectivity index (χ1n) is 4.81. The normalized spacial score (nSPS) is 12.0. The maximum absolute atomic E-state index is 5.31. The molecule has 0 fully saturated rings. The molecule has 1 N–H and O–H groups in total. The zero-order valence-electron chi connectivity index (χ0n) is 9.34. The van der Waals surface area contributed by atoms with Crippen molar-refractivity contribution in [1.29, 1.82) is 0 Å². The fraction of sp³-hybridized carbons (Fsp3) is 1.00. The molecule has 0 aromatic heterocycles. The summed E-state index contributed by atoms with van der Waals surface area (Å²) in [5.74, 6) is 0. The molecular weight excluding hydrogens is 261 g/mol. The minimum absolute atomic E-state index is 0.873. The van der Waals surface area contributed by atoms with Crippen molar-refractivity contribution in [2.75, 3.05) is 34.4 Å². The summed E-state index contributed by atoms with van der Waals surface area (Å²) in [5.41, 5.74) is 0. The average molecular weight is 283 g/mol. The molecule has 4 nitrogen and oxygen atoms in total. The second-order valence-electron chi connectivity index (χ2n) is 2.94. The Morgan fingerprint density at radius 1 is 1.07 bits per heavy atom. The second kappa shape index (κ2) is 8.89. The van der Waals surface area contributed by atoms with Gasteiger partial charge in [-0.1, -0.05) is 0 Å². The summed E-state index contributed by atoms with van der Waals surface area (Å²) in [6, 6.07) is 0.873. The van der Waals surface area contributed by atoms with Gasteiger partial charge in [-0.2, -0.15) is 0 Å². The fourth-order valence-electron chi connectivity index (χ4n) is 1.21. The summed E-state index contributed by atoms with van der Waals surface area (Å²) >= 11 is 1.76. The van der Waals surface area contributed by atoms with Crippen LogP contribution < -0.4 is 5.32 Å². The zero-order valence-corrected chi connectivity index (χ0v) is 12.8. The Bertz CT molecular complexity index is 127. The first kappa shape index (κ1) is 14.6. The van der Waals surface area contributed by atoms with Crippen LogP contribution in [0, 0.1) is 0 Å². The van der Waals surface area contributed by atoms with E-state index in [1.165, 1.54) is 5.21 Å². The van der Waals surface area contributed by atoms with E-state index in [1.807, 2.05) is 0 Å². The van der Waals surface area contributed by atoms with Crippen molar-refractivity contribution in [2.24, 2.45) is 0 Å². The third-order valence-electron chi connectivity index (χ3n) is 2.09. The van der Waals surface area contributed by atoms with E-state index in [-0.39, 0.29) is 0 Å². The van der Waals surface area contributed by atoms with Crippen LogP contribution in [0.25, 0.3) is 0 Å². The predicted molar refractivity (Wildman–Crippen MR) is 62.4 cm³/mol. The van der Waals surface area contributed by atoms with Gasteiger partial charge < -0.3 is 0 Å². The SMILES string of the molecule is CO[Si](CCCNCC[AsH2])(OC)OC. The van der Waals surface area contributed by atoms with Gasteiger partial charge in [0.25, 0.3) is 0 Å². The molecule has 0 rings (SSSR count). The Morgan fingerprint density at radius 3 is 2.07 bits per heavy atom. The first-order chi connectivity index (χ1) is 6.74. The van der Waals surface area contributed by atoms with Crippen molar-refractivity contribution in [3.8, 4) is 0 Å². The van der Waals surface area contributed by atoms with Crippen molar-refractivity contribution in [3.05, 3.63) is 0 Å². The van der Waals surface area contributed by atoms with E-state index in [0.717, 1.165) is 25.6 Å². The summed E-state index contributed by atoms with van der Waals surface area (Å²) in [7, 11) is 2.65. The summed E-state index contributed by atoms with van der Waals surface area (Å²) in [6.07, 6.45) is 1.04. The molecule has 0 aromatic carbocycles. The molecule has 86 valence electrons. The van der Waals surface area contributed by atoms with Crippen molar-refractivity contribution >= 4 is 25.7 Å². The number of hydrogen-bond donors (Lipinski definition) is 1. The van der Waals surface area contributed by atoms with Gasteiger partial charge in [0.05, 0.1) is 0 Å². The maximum atomic E-state index is 5.31. The molecule has 0 radical (unpaired) electrons. The summed E-state index contributed by atoms with van der Waals surface area (Å²) in [5, 5.41) is 4.58. The first-order valence-corrected chi connectivity index (χ1v) is 8.45. The Hall–Kier alpha value is 0.615. The number of rotatable bonds is 9. The molecule has 6 heteroatoms. The molecule has 0 aliphatic carbocycles. The van der Waals surface area contributed by atoms with Crippen LogP contribution in [0.3, 0.4) is 0 Å². The quantitative estimate of drug-likeness (QED) is 0.474. The molecule has 1 atom stereocenters. The molecule has 0 saturated carbocycles. The average Bonchev–Trinajstić information content (AvgIpc) is 2.24. The van der Waals surface area contributed by atoms with Crippen LogP contribution in [0.1, 0.15) is 6.42 Å². The standard InChI is InChI=1S/C8H22AsNO3Si/c1-11-14(12-2,13-3)8-4-6-10-7-5-9/h10H,4-9H2,1-3H3. The molecule has 0 aromatic rings. The minimum atomic E-state index is -2.31. The molecule has 0 bridgehead atoms. The van der Waals surface area contributed by atoms with Crippen LogP contribution in [0.4, 0.5) is 0 Å². The summed E-state index contributed by atoms with van der Waals surface area (Å²) < 4.78 is 15.9. The fourth-order valence-corrected chi connectivity index (χ4v) is 3.36. The van der Waals surface area contributed by atoms with Crippen molar-refractivity contribution in [1.82, 2.24) is 5.32 Å². The van der Waals surface area contributed by atoms with Gasteiger partial charge in [0.1, 0.15) is 0 Å². The van der Waals surface area contributed by atoms with Crippen LogP contribution in [-0.4, -0.2) is 60.1 Å². The van der Waals surface area contributed by atoms with Crippen LogP contribution in [-0.2, 0) is 13.3 Å². The van der Waals surface area contributed by atoms with Crippen LogP contribution >= 0.6 is 0 Å². The predicted octanol–water partition coefficient (Wildman–Crippen LogP) is -0.104. The van der Waals surface area contributed by atoms with Gasteiger partial charge in [0, 0.05) is 0 Å². The van der Waals surface area contributed by atoms with Gasteiger partial charge in [0.15, 0.2) is 0 Å². The molecule has 0 amide bonds.